The summed E-state index contributed by atoms with van der Waals surface area (Å²) in [5, 5.41) is 20.0. The Morgan fingerprint density at radius 2 is 1.69 bits per heavy atom. The molecule has 0 aliphatic carbocycles. The molecular formula is C24H29NO4. The van der Waals surface area contributed by atoms with Crippen molar-refractivity contribution in [2.75, 3.05) is 6.61 Å². The maximum absolute atomic E-state index is 10.8. The quantitative estimate of drug-likeness (QED) is 0.731. The third kappa shape index (κ3) is 6.38. The second-order valence-corrected chi connectivity index (χ2v) is 7.76. The minimum absolute atomic E-state index is 0.133. The smallest absolute Gasteiger partial charge is 0.107 e. The van der Waals surface area contributed by atoms with Crippen LogP contribution in [0.2, 0.25) is 0 Å². The van der Waals surface area contributed by atoms with Crippen LogP contribution in [0.25, 0.3) is 0 Å². The van der Waals surface area contributed by atoms with E-state index in [0.29, 0.717) is 32.7 Å². The van der Waals surface area contributed by atoms with Crippen molar-refractivity contribution in [2.45, 2.75) is 63.3 Å². The van der Waals surface area contributed by atoms with Gasteiger partial charge in [-0.05, 0) is 30.9 Å². The minimum atomic E-state index is -1.07. The minimum Gasteiger partial charge on any atom is -0.387 e. The van der Waals surface area contributed by atoms with Crippen molar-refractivity contribution in [3.8, 4) is 6.07 Å². The lowest BCUT2D eigenvalue weighted by Crippen LogP contribution is -2.42. The number of hydrogen-bond donors (Lipinski definition) is 1. The van der Waals surface area contributed by atoms with Crippen LogP contribution >= 0.6 is 0 Å². The van der Waals surface area contributed by atoms with E-state index in [1.54, 1.807) is 6.92 Å². The Morgan fingerprint density at radius 3 is 2.31 bits per heavy atom. The van der Waals surface area contributed by atoms with E-state index in [1.165, 1.54) is 0 Å². The van der Waals surface area contributed by atoms with Crippen molar-refractivity contribution in [3.63, 3.8) is 0 Å². The summed E-state index contributed by atoms with van der Waals surface area (Å²) in [6.45, 7) is 3.02. The van der Waals surface area contributed by atoms with E-state index >= 15 is 0 Å². The molecule has 0 aromatic heterocycles. The SMILES string of the molecule is C[C@@]1(O)CC[C@H](OCc2ccccc2)[C@@H](COCc2ccccc2)O[C@H]1CC#N. The van der Waals surface area contributed by atoms with E-state index in [9.17, 15) is 5.11 Å². The number of nitriles is 1. The average Bonchev–Trinajstić information content (AvgIpc) is 2.85. The standard InChI is InChI=1S/C24H29NO4/c1-24(26)14-12-21(28-17-20-10-6-3-7-11-20)22(29-23(24)13-15-25)18-27-16-19-8-4-2-5-9-19/h2-11,21-23,26H,12-14,16-18H2,1H3/t21-,22+,23-,24+/m0/s1. The fourth-order valence-electron chi connectivity index (χ4n) is 3.56. The molecule has 0 spiro atoms. The van der Waals surface area contributed by atoms with Gasteiger partial charge in [0.1, 0.15) is 6.10 Å². The van der Waals surface area contributed by atoms with E-state index in [1.807, 2.05) is 60.7 Å². The maximum Gasteiger partial charge on any atom is 0.107 e. The summed E-state index contributed by atoms with van der Waals surface area (Å²) in [6, 6.07) is 22.1. The molecule has 1 heterocycles. The maximum atomic E-state index is 10.8. The Balaban J connectivity index is 1.66. The molecule has 1 N–H and O–H groups in total. The topological polar surface area (TPSA) is 71.7 Å². The first-order valence-corrected chi connectivity index (χ1v) is 10.1. The first kappa shape index (κ1) is 21.5. The van der Waals surface area contributed by atoms with E-state index in [2.05, 4.69) is 6.07 Å². The average molecular weight is 395 g/mol. The Morgan fingerprint density at radius 1 is 1.07 bits per heavy atom. The molecule has 2 aromatic carbocycles. The number of hydrogen-bond acceptors (Lipinski definition) is 5. The van der Waals surface area contributed by atoms with Gasteiger partial charge in [0.2, 0.25) is 0 Å². The van der Waals surface area contributed by atoms with Crippen molar-refractivity contribution in [1.29, 1.82) is 5.26 Å². The zero-order valence-corrected chi connectivity index (χ0v) is 16.9. The van der Waals surface area contributed by atoms with E-state index in [4.69, 9.17) is 19.5 Å². The molecule has 2 aromatic rings. The van der Waals surface area contributed by atoms with Crippen molar-refractivity contribution in [2.24, 2.45) is 0 Å². The van der Waals surface area contributed by atoms with Gasteiger partial charge in [0.25, 0.3) is 0 Å². The number of ether oxygens (including phenoxy) is 3. The number of aliphatic hydroxyl groups is 1. The van der Waals surface area contributed by atoms with Gasteiger partial charge in [0.05, 0.1) is 50.1 Å². The van der Waals surface area contributed by atoms with Crippen LogP contribution in [-0.2, 0) is 27.4 Å². The van der Waals surface area contributed by atoms with Crippen LogP contribution in [0.4, 0.5) is 0 Å². The summed E-state index contributed by atoms with van der Waals surface area (Å²) in [5.41, 5.74) is 1.10. The molecule has 5 nitrogen and oxygen atoms in total. The highest BCUT2D eigenvalue weighted by Gasteiger charge is 2.41. The molecule has 1 aliphatic heterocycles. The molecule has 0 unspecified atom stereocenters. The van der Waals surface area contributed by atoms with Gasteiger partial charge < -0.3 is 19.3 Å². The lowest BCUT2D eigenvalue weighted by Gasteiger charge is -2.31. The Bertz CT molecular complexity index is 772. The summed E-state index contributed by atoms with van der Waals surface area (Å²) in [5.74, 6) is 0. The van der Waals surface area contributed by atoms with Gasteiger partial charge in [-0.2, -0.15) is 5.26 Å². The van der Waals surface area contributed by atoms with Crippen molar-refractivity contribution < 1.29 is 19.3 Å². The Labute approximate surface area is 172 Å². The Hall–Kier alpha value is -2.23. The number of benzene rings is 2. The van der Waals surface area contributed by atoms with Crippen LogP contribution in [-0.4, -0.2) is 35.6 Å². The molecular weight excluding hydrogens is 366 g/mol. The summed E-state index contributed by atoms with van der Waals surface area (Å²) in [7, 11) is 0. The fourth-order valence-corrected chi connectivity index (χ4v) is 3.56. The lowest BCUT2D eigenvalue weighted by molar-refractivity contribution is -0.156. The summed E-state index contributed by atoms with van der Waals surface area (Å²) in [6.07, 6.45) is 0.141. The molecule has 1 aliphatic rings. The zero-order chi connectivity index (χ0) is 20.5. The normalized spacial score (nSPS) is 27.1. The molecule has 0 saturated carbocycles. The van der Waals surface area contributed by atoms with Gasteiger partial charge in [-0.25, -0.2) is 0 Å². The van der Waals surface area contributed by atoms with Crippen molar-refractivity contribution in [3.05, 3.63) is 71.8 Å². The summed E-state index contributed by atoms with van der Waals surface area (Å²) < 4.78 is 18.3. The predicted molar refractivity (Wildman–Crippen MR) is 110 cm³/mol. The molecule has 4 atom stereocenters. The highest BCUT2D eigenvalue weighted by atomic mass is 16.6. The highest BCUT2D eigenvalue weighted by molar-refractivity contribution is 5.14. The van der Waals surface area contributed by atoms with Crippen LogP contribution in [0, 0.1) is 11.3 Å². The molecule has 3 rings (SSSR count). The van der Waals surface area contributed by atoms with Crippen LogP contribution in [0.3, 0.4) is 0 Å². The van der Waals surface area contributed by atoms with Gasteiger partial charge in [-0.1, -0.05) is 60.7 Å². The summed E-state index contributed by atoms with van der Waals surface area (Å²) >= 11 is 0. The Kier molecular flexibility index (Phi) is 7.79. The van der Waals surface area contributed by atoms with Gasteiger partial charge >= 0.3 is 0 Å². The predicted octanol–water partition coefficient (Wildman–Crippen LogP) is 4.00. The highest BCUT2D eigenvalue weighted by Crippen LogP contribution is 2.31. The third-order valence-corrected chi connectivity index (χ3v) is 5.36. The fraction of sp³-hybridized carbons (Fsp3) is 0.458. The van der Waals surface area contributed by atoms with Crippen LogP contribution in [0.15, 0.2) is 60.7 Å². The number of nitrogens with zero attached hydrogens (tertiary/aromatic N) is 1. The monoisotopic (exact) mass is 395 g/mol. The van der Waals surface area contributed by atoms with Crippen molar-refractivity contribution >= 4 is 0 Å². The molecule has 0 amide bonds. The molecule has 0 radical (unpaired) electrons. The molecule has 1 fully saturated rings. The van der Waals surface area contributed by atoms with Crippen LogP contribution < -0.4 is 0 Å². The zero-order valence-electron chi connectivity index (χ0n) is 16.9. The van der Waals surface area contributed by atoms with Gasteiger partial charge in [-0.3, -0.25) is 0 Å². The van der Waals surface area contributed by atoms with Crippen molar-refractivity contribution in [1.82, 2.24) is 0 Å². The largest absolute Gasteiger partial charge is 0.387 e. The molecule has 5 heteroatoms. The third-order valence-electron chi connectivity index (χ3n) is 5.36. The number of rotatable bonds is 8. The molecule has 29 heavy (non-hydrogen) atoms. The molecule has 1 saturated heterocycles. The second-order valence-electron chi connectivity index (χ2n) is 7.76. The van der Waals surface area contributed by atoms with Crippen LogP contribution in [0.1, 0.15) is 37.3 Å². The van der Waals surface area contributed by atoms with E-state index in [-0.39, 0.29) is 18.6 Å². The summed E-state index contributed by atoms with van der Waals surface area (Å²) in [4.78, 5) is 0. The van der Waals surface area contributed by atoms with E-state index in [0.717, 1.165) is 11.1 Å². The molecule has 0 bridgehead atoms. The first-order chi connectivity index (χ1) is 14.1. The van der Waals surface area contributed by atoms with E-state index < -0.39 is 11.7 Å². The lowest BCUT2D eigenvalue weighted by atomic mass is 9.91. The van der Waals surface area contributed by atoms with Gasteiger partial charge in [0, 0.05) is 0 Å². The first-order valence-electron chi connectivity index (χ1n) is 10.1. The van der Waals surface area contributed by atoms with Crippen LogP contribution in [0.5, 0.6) is 0 Å². The molecule has 154 valence electrons. The van der Waals surface area contributed by atoms with Gasteiger partial charge in [0.15, 0.2) is 0 Å². The second kappa shape index (κ2) is 10.5. The van der Waals surface area contributed by atoms with Gasteiger partial charge in [-0.15, -0.1) is 0 Å².